The fourth-order valence-electron chi connectivity index (χ4n) is 2.12. The van der Waals surface area contributed by atoms with E-state index in [4.69, 9.17) is 4.74 Å². The summed E-state index contributed by atoms with van der Waals surface area (Å²) in [4.78, 5) is 13.9. The van der Waals surface area contributed by atoms with Gasteiger partial charge in [-0.25, -0.2) is 0 Å². The van der Waals surface area contributed by atoms with Crippen LogP contribution in [0.1, 0.15) is 12.5 Å². The van der Waals surface area contributed by atoms with Gasteiger partial charge in [-0.1, -0.05) is 22.9 Å². The van der Waals surface area contributed by atoms with Crippen molar-refractivity contribution in [2.75, 3.05) is 38.2 Å². The predicted octanol–water partition coefficient (Wildman–Crippen LogP) is 2.28. The van der Waals surface area contributed by atoms with Crippen molar-refractivity contribution < 1.29 is 9.53 Å². The Morgan fingerprint density at radius 2 is 2.16 bits per heavy atom. The second-order valence-electron chi connectivity index (χ2n) is 4.50. The fraction of sp³-hybridized carbons (Fsp3) is 0.500. The summed E-state index contributed by atoms with van der Waals surface area (Å²) in [6.45, 7) is 5.13. The highest BCUT2D eigenvalue weighted by Crippen LogP contribution is 2.21. The summed E-state index contributed by atoms with van der Waals surface area (Å²) >= 11 is 3.46. The Morgan fingerprint density at radius 1 is 1.42 bits per heavy atom. The molecule has 1 amide bonds. The van der Waals surface area contributed by atoms with Crippen molar-refractivity contribution in [3.63, 3.8) is 0 Å². The number of carbonyl (C=O) groups is 1. The van der Waals surface area contributed by atoms with E-state index >= 15 is 0 Å². The Hall–Kier alpha value is -1.07. The first-order chi connectivity index (χ1) is 9.20. The van der Waals surface area contributed by atoms with Crippen LogP contribution in [0.25, 0.3) is 0 Å². The molecule has 1 fully saturated rings. The zero-order valence-electron chi connectivity index (χ0n) is 11.1. The van der Waals surface area contributed by atoms with Crippen molar-refractivity contribution in [2.24, 2.45) is 0 Å². The molecule has 0 aliphatic carbocycles. The van der Waals surface area contributed by atoms with E-state index in [9.17, 15) is 4.79 Å². The molecule has 0 atom stereocenters. The number of hydrogen-bond donors (Lipinski definition) is 1. The first kappa shape index (κ1) is 14.3. The minimum atomic E-state index is 0.133. The Kier molecular flexibility index (Phi) is 5.22. The molecule has 104 valence electrons. The third-order valence-corrected chi connectivity index (χ3v) is 3.74. The molecule has 0 unspecified atom stereocenters. The number of nitrogens with zero attached hydrogens (tertiary/aromatic N) is 1. The van der Waals surface area contributed by atoms with E-state index in [2.05, 4.69) is 34.2 Å². The molecule has 19 heavy (non-hydrogen) atoms. The molecular formula is C14H19BrN2O2. The molecule has 1 aromatic rings. The number of aryl methyl sites for hydroxylation is 1. The Morgan fingerprint density at radius 3 is 2.84 bits per heavy atom. The average molecular weight is 327 g/mol. The standard InChI is InChI=1S/C14H19BrN2O2/c1-2-11-9-12(15)3-4-13(11)16-10-14(18)17-5-7-19-8-6-17/h3-4,9,16H,2,5-8,10H2,1H3. The van der Waals surface area contributed by atoms with Gasteiger partial charge in [0.2, 0.25) is 5.91 Å². The van der Waals surface area contributed by atoms with Gasteiger partial charge >= 0.3 is 0 Å². The van der Waals surface area contributed by atoms with Crippen molar-refractivity contribution in [3.8, 4) is 0 Å². The van der Waals surface area contributed by atoms with Crippen LogP contribution in [0.15, 0.2) is 22.7 Å². The first-order valence-corrected chi connectivity index (χ1v) is 7.38. The molecule has 0 bridgehead atoms. The van der Waals surface area contributed by atoms with Crippen LogP contribution in [0.5, 0.6) is 0 Å². The molecule has 0 spiro atoms. The summed E-state index contributed by atoms with van der Waals surface area (Å²) < 4.78 is 6.31. The van der Waals surface area contributed by atoms with Crippen LogP contribution in [0.2, 0.25) is 0 Å². The molecule has 1 heterocycles. The monoisotopic (exact) mass is 326 g/mol. The maximum Gasteiger partial charge on any atom is 0.242 e. The van der Waals surface area contributed by atoms with Gasteiger partial charge in [0.25, 0.3) is 0 Å². The highest BCUT2D eigenvalue weighted by Gasteiger charge is 2.16. The van der Waals surface area contributed by atoms with Crippen LogP contribution < -0.4 is 5.32 Å². The van der Waals surface area contributed by atoms with Gasteiger partial charge in [0.1, 0.15) is 0 Å². The molecule has 2 rings (SSSR count). The average Bonchev–Trinajstić information content (AvgIpc) is 2.46. The van der Waals surface area contributed by atoms with E-state index in [0.717, 1.165) is 16.6 Å². The van der Waals surface area contributed by atoms with Crippen molar-refractivity contribution in [1.82, 2.24) is 4.90 Å². The Balaban J connectivity index is 1.92. The molecule has 5 heteroatoms. The van der Waals surface area contributed by atoms with Gasteiger partial charge in [-0.3, -0.25) is 4.79 Å². The molecule has 0 saturated carbocycles. The minimum absolute atomic E-state index is 0.133. The smallest absolute Gasteiger partial charge is 0.242 e. The van der Waals surface area contributed by atoms with Gasteiger partial charge in [0, 0.05) is 23.2 Å². The summed E-state index contributed by atoms with van der Waals surface area (Å²) in [5.41, 5.74) is 2.25. The van der Waals surface area contributed by atoms with Crippen molar-refractivity contribution in [1.29, 1.82) is 0 Å². The lowest BCUT2D eigenvalue weighted by Gasteiger charge is -2.27. The van der Waals surface area contributed by atoms with E-state index in [1.165, 1.54) is 5.56 Å². The van der Waals surface area contributed by atoms with Gasteiger partial charge in [-0.2, -0.15) is 0 Å². The second-order valence-corrected chi connectivity index (χ2v) is 5.42. The number of ether oxygens (including phenoxy) is 1. The lowest BCUT2D eigenvalue weighted by molar-refractivity contribution is -0.133. The molecule has 1 saturated heterocycles. The number of morpholine rings is 1. The normalized spacial score (nSPS) is 15.4. The van der Waals surface area contributed by atoms with Gasteiger partial charge in [-0.05, 0) is 30.2 Å². The third kappa shape index (κ3) is 3.94. The number of rotatable bonds is 4. The Bertz CT molecular complexity index is 445. The van der Waals surface area contributed by atoms with E-state index < -0.39 is 0 Å². The SMILES string of the molecule is CCc1cc(Br)ccc1NCC(=O)N1CCOCC1. The summed E-state index contributed by atoms with van der Waals surface area (Å²) in [6.07, 6.45) is 0.938. The summed E-state index contributed by atoms with van der Waals surface area (Å²) in [7, 11) is 0. The first-order valence-electron chi connectivity index (χ1n) is 6.58. The van der Waals surface area contributed by atoms with E-state index in [-0.39, 0.29) is 5.91 Å². The number of amides is 1. The topological polar surface area (TPSA) is 41.6 Å². The molecule has 1 aliphatic heterocycles. The second kappa shape index (κ2) is 6.91. The number of nitrogens with one attached hydrogen (secondary N) is 1. The molecule has 0 radical (unpaired) electrons. The zero-order chi connectivity index (χ0) is 13.7. The van der Waals surface area contributed by atoms with Crippen molar-refractivity contribution in [3.05, 3.63) is 28.2 Å². The van der Waals surface area contributed by atoms with E-state index in [1.54, 1.807) is 0 Å². The largest absolute Gasteiger partial charge is 0.378 e. The van der Waals surface area contributed by atoms with Crippen LogP contribution in [0, 0.1) is 0 Å². The van der Waals surface area contributed by atoms with Crippen LogP contribution in [-0.4, -0.2) is 43.7 Å². The number of hydrogen-bond acceptors (Lipinski definition) is 3. The maximum atomic E-state index is 12.0. The van der Waals surface area contributed by atoms with Gasteiger partial charge in [0.15, 0.2) is 0 Å². The summed E-state index contributed by atoms with van der Waals surface area (Å²) in [5.74, 6) is 0.133. The summed E-state index contributed by atoms with van der Waals surface area (Å²) in [6, 6.07) is 6.08. The maximum absolute atomic E-state index is 12.0. The van der Waals surface area contributed by atoms with Crippen LogP contribution in [0.3, 0.4) is 0 Å². The molecule has 1 aliphatic rings. The number of anilines is 1. The fourth-order valence-corrected chi connectivity index (χ4v) is 2.53. The van der Waals surface area contributed by atoms with Gasteiger partial charge in [-0.15, -0.1) is 0 Å². The number of benzene rings is 1. The van der Waals surface area contributed by atoms with Crippen LogP contribution in [0.4, 0.5) is 5.69 Å². The third-order valence-electron chi connectivity index (χ3n) is 3.24. The highest BCUT2D eigenvalue weighted by molar-refractivity contribution is 9.10. The van der Waals surface area contributed by atoms with Gasteiger partial charge < -0.3 is 15.0 Å². The van der Waals surface area contributed by atoms with E-state index in [0.29, 0.717) is 32.8 Å². The number of carbonyl (C=O) groups excluding carboxylic acids is 1. The highest BCUT2D eigenvalue weighted by atomic mass is 79.9. The lowest BCUT2D eigenvalue weighted by atomic mass is 10.1. The lowest BCUT2D eigenvalue weighted by Crippen LogP contribution is -2.43. The van der Waals surface area contributed by atoms with Crippen molar-refractivity contribution in [2.45, 2.75) is 13.3 Å². The molecule has 4 nitrogen and oxygen atoms in total. The minimum Gasteiger partial charge on any atom is -0.378 e. The van der Waals surface area contributed by atoms with Crippen LogP contribution >= 0.6 is 15.9 Å². The predicted molar refractivity (Wildman–Crippen MR) is 79.4 cm³/mol. The number of halogens is 1. The molecular weight excluding hydrogens is 308 g/mol. The molecule has 1 N–H and O–H groups in total. The summed E-state index contributed by atoms with van der Waals surface area (Å²) in [5, 5.41) is 3.24. The van der Waals surface area contributed by atoms with Crippen molar-refractivity contribution >= 4 is 27.5 Å². The van der Waals surface area contributed by atoms with E-state index in [1.807, 2.05) is 17.0 Å². The molecule has 1 aromatic carbocycles. The molecule has 0 aromatic heterocycles. The van der Waals surface area contributed by atoms with Crippen LogP contribution in [-0.2, 0) is 16.0 Å². The zero-order valence-corrected chi connectivity index (χ0v) is 12.7. The quantitative estimate of drug-likeness (QED) is 0.923. The Labute approximate surface area is 122 Å². The van der Waals surface area contributed by atoms with Gasteiger partial charge in [0.05, 0.1) is 19.8 Å².